The molecule has 0 fully saturated rings. The molecule has 0 aliphatic heterocycles. The van der Waals surface area contributed by atoms with Gasteiger partial charge in [-0.3, -0.25) is 4.79 Å². The second-order valence-electron chi connectivity index (χ2n) is 1.59. The third-order valence-electron chi connectivity index (χ3n) is 0.699. The third kappa shape index (κ3) is 5.08. The van der Waals surface area contributed by atoms with Crippen LogP contribution in [-0.2, 0) is 19.1 Å². The van der Waals surface area contributed by atoms with E-state index >= 15 is 0 Å². The minimum absolute atomic E-state index is 0.289. The van der Waals surface area contributed by atoms with E-state index in [9.17, 15) is 9.59 Å². The molecule has 0 aliphatic carbocycles. The van der Waals surface area contributed by atoms with E-state index in [1.807, 2.05) is 0 Å². The fraction of sp³-hybridized carbons (Fsp3) is 0.667. The van der Waals surface area contributed by atoms with Gasteiger partial charge >= 0.3 is 11.9 Å². The van der Waals surface area contributed by atoms with E-state index in [0.717, 1.165) is 0 Å². The number of hydrogen-bond acceptors (Lipinski definition) is 4. The van der Waals surface area contributed by atoms with Crippen molar-refractivity contribution >= 4 is 11.9 Å². The minimum Gasteiger partial charge on any atom is -0.463 e. The van der Waals surface area contributed by atoms with Gasteiger partial charge in [-0.15, -0.1) is 0 Å². The van der Waals surface area contributed by atoms with Crippen LogP contribution in [-0.4, -0.2) is 25.2 Å². The Morgan fingerprint density at radius 3 is 2.30 bits per heavy atom. The summed E-state index contributed by atoms with van der Waals surface area (Å²) in [6.45, 7) is 2.94. The SMILES string of the molecule is CCOC(=O)COC(C)=O. The van der Waals surface area contributed by atoms with Crippen LogP contribution in [0.2, 0.25) is 0 Å². The number of hydrogen-bond donors (Lipinski definition) is 0. The van der Waals surface area contributed by atoms with Crippen LogP contribution in [0.25, 0.3) is 0 Å². The molecule has 0 aromatic carbocycles. The van der Waals surface area contributed by atoms with Gasteiger partial charge in [-0.05, 0) is 6.92 Å². The fourth-order valence-corrected chi connectivity index (χ4v) is 0.363. The molecule has 58 valence electrons. The van der Waals surface area contributed by atoms with Gasteiger partial charge in [-0.1, -0.05) is 0 Å². The molecular formula is C6H10O4. The number of carbonyl (C=O) groups is 2. The summed E-state index contributed by atoms with van der Waals surface area (Å²) in [4.78, 5) is 20.6. The van der Waals surface area contributed by atoms with Crippen LogP contribution in [0.4, 0.5) is 0 Å². The number of ether oxygens (including phenoxy) is 2. The molecule has 0 amide bonds. The van der Waals surface area contributed by atoms with Crippen molar-refractivity contribution in [3.63, 3.8) is 0 Å². The van der Waals surface area contributed by atoms with Crippen molar-refractivity contribution in [2.24, 2.45) is 0 Å². The largest absolute Gasteiger partial charge is 0.463 e. The van der Waals surface area contributed by atoms with Gasteiger partial charge in [0.15, 0.2) is 6.61 Å². The molecule has 0 rings (SSSR count). The maximum absolute atomic E-state index is 10.4. The summed E-state index contributed by atoms with van der Waals surface area (Å²) < 4.78 is 8.82. The van der Waals surface area contributed by atoms with Crippen LogP contribution in [0.5, 0.6) is 0 Å². The molecule has 4 heteroatoms. The summed E-state index contributed by atoms with van der Waals surface area (Å²) in [7, 11) is 0. The third-order valence-corrected chi connectivity index (χ3v) is 0.699. The predicted octanol–water partition coefficient (Wildman–Crippen LogP) is 0.113. The van der Waals surface area contributed by atoms with Gasteiger partial charge in [0.2, 0.25) is 0 Å². The average molecular weight is 146 g/mol. The second kappa shape index (κ2) is 4.78. The second-order valence-corrected chi connectivity index (χ2v) is 1.59. The van der Waals surface area contributed by atoms with Gasteiger partial charge in [-0.2, -0.15) is 0 Å². The highest BCUT2D eigenvalue weighted by atomic mass is 16.6. The Kier molecular flexibility index (Phi) is 4.28. The summed E-state index contributed by atoms with van der Waals surface area (Å²) in [5.41, 5.74) is 0. The lowest BCUT2D eigenvalue weighted by Crippen LogP contribution is -2.14. The van der Waals surface area contributed by atoms with Crippen molar-refractivity contribution in [2.75, 3.05) is 13.2 Å². The van der Waals surface area contributed by atoms with Gasteiger partial charge in [0.1, 0.15) is 0 Å². The first kappa shape index (κ1) is 8.94. The summed E-state index contributed by atoms with van der Waals surface area (Å²) in [6.07, 6.45) is 0. The predicted molar refractivity (Wildman–Crippen MR) is 33.3 cm³/mol. The Balaban J connectivity index is 3.30. The maximum atomic E-state index is 10.4. The van der Waals surface area contributed by atoms with E-state index in [0.29, 0.717) is 6.61 Å². The van der Waals surface area contributed by atoms with Crippen molar-refractivity contribution in [1.82, 2.24) is 0 Å². The quantitative estimate of drug-likeness (QED) is 0.530. The average Bonchev–Trinajstić information content (AvgIpc) is 1.85. The van der Waals surface area contributed by atoms with Crippen molar-refractivity contribution in [3.05, 3.63) is 0 Å². The Morgan fingerprint density at radius 1 is 1.30 bits per heavy atom. The van der Waals surface area contributed by atoms with Crippen molar-refractivity contribution < 1.29 is 19.1 Å². The molecule has 0 saturated heterocycles. The first-order valence-corrected chi connectivity index (χ1v) is 2.95. The molecule has 0 atom stereocenters. The summed E-state index contributed by atoms with van der Waals surface area (Å²) in [6, 6.07) is 0. The number of rotatable bonds is 3. The smallest absolute Gasteiger partial charge is 0.344 e. The van der Waals surface area contributed by atoms with Crippen LogP contribution in [0, 0.1) is 0 Å². The molecule has 0 radical (unpaired) electrons. The monoisotopic (exact) mass is 146 g/mol. The zero-order valence-corrected chi connectivity index (χ0v) is 6.05. The first-order valence-electron chi connectivity index (χ1n) is 2.95. The molecule has 10 heavy (non-hydrogen) atoms. The zero-order valence-electron chi connectivity index (χ0n) is 6.05. The molecule has 0 unspecified atom stereocenters. The molecule has 0 N–H and O–H groups in total. The molecule has 0 aromatic heterocycles. The lowest BCUT2D eigenvalue weighted by molar-refractivity contribution is -0.157. The molecule has 0 aromatic rings. The topological polar surface area (TPSA) is 52.6 Å². The van der Waals surface area contributed by atoms with E-state index < -0.39 is 11.9 Å². The Morgan fingerprint density at radius 2 is 1.90 bits per heavy atom. The van der Waals surface area contributed by atoms with Crippen LogP contribution < -0.4 is 0 Å². The molecule has 0 saturated carbocycles. The van der Waals surface area contributed by atoms with Crippen LogP contribution in [0.1, 0.15) is 13.8 Å². The van der Waals surface area contributed by atoms with E-state index in [1.165, 1.54) is 6.92 Å². The van der Waals surface area contributed by atoms with Crippen LogP contribution >= 0.6 is 0 Å². The highest BCUT2D eigenvalue weighted by Crippen LogP contribution is 1.81. The van der Waals surface area contributed by atoms with Gasteiger partial charge in [0, 0.05) is 6.92 Å². The Labute approximate surface area is 59.1 Å². The number of carbonyl (C=O) groups excluding carboxylic acids is 2. The van der Waals surface area contributed by atoms with Gasteiger partial charge in [-0.25, -0.2) is 4.79 Å². The Bertz CT molecular complexity index is 130. The number of esters is 2. The van der Waals surface area contributed by atoms with Gasteiger partial charge < -0.3 is 9.47 Å². The molecule has 4 nitrogen and oxygen atoms in total. The highest BCUT2D eigenvalue weighted by Gasteiger charge is 2.02. The summed E-state index contributed by atoms with van der Waals surface area (Å²) in [5.74, 6) is -0.995. The first-order chi connectivity index (χ1) is 4.66. The minimum atomic E-state index is -0.516. The zero-order chi connectivity index (χ0) is 7.98. The van der Waals surface area contributed by atoms with Gasteiger partial charge in [0.25, 0.3) is 0 Å². The van der Waals surface area contributed by atoms with Crippen LogP contribution in [0.15, 0.2) is 0 Å². The summed E-state index contributed by atoms with van der Waals surface area (Å²) in [5, 5.41) is 0. The van der Waals surface area contributed by atoms with E-state index in [1.54, 1.807) is 6.92 Å². The normalized spacial score (nSPS) is 8.60. The molecule has 0 spiro atoms. The summed E-state index contributed by atoms with van der Waals surface area (Å²) >= 11 is 0. The lowest BCUT2D eigenvalue weighted by Gasteiger charge is -2.00. The maximum Gasteiger partial charge on any atom is 0.344 e. The molecule has 0 aliphatic rings. The highest BCUT2D eigenvalue weighted by molar-refractivity contribution is 5.75. The van der Waals surface area contributed by atoms with E-state index in [-0.39, 0.29) is 6.61 Å². The van der Waals surface area contributed by atoms with Gasteiger partial charge in [0.05, 0.1) is 6.61 Å². The standard InChI is InChI=1S/C6H10O4/c1-3-9-6(8)4-10-5(2)7/h3-4H2,1-2H3. The molecule has 0 heterocycles. The fourth-order valence-electron chi connectivity index (χ4n) is 0.363. The van der Waals surface area contributed by atoms with E-state index in [4.69, 9.17) is 0 Å². The van der Waals surface area contributed by atoms with Crippen molar-refractivity contribution in [2.45, 2.75) is 13.8 Å². The van der Waals surface area contributed by atoms with Crippen molar-refractivity contribution in [1.29, 1.82) is 0 Å². The molecule has 0 bridgehead atoms. The molecular weight excluding hydrogens is 136 g/mol. The Hall–Kier alpha value is -1.06. The van der Waals surface area contributed by atoms with Crippen LogP contribution in [0.3, 0.4) is 0 Å². The van der Waals surface area contributed by atoms with E-state index in [2.05, 4.69) is 9.47 Å². The van der Waals surface area contributed by atoms with Crippen molar-refractivity contribution in [3.8, 4) is 0 Å². The lowest BCUT2D eigenvalue weighted by atomic mass is 10.7.